The minimum absolute atomic E-state index is 0.0914. The van der Waals surface area contributed by atoms with Gasteiger partial charge in [0.2, 0.25) is 0 Å². The van der Waals surface area contributed by atoms with Gasteiger partial charge in [-0.25, -0.2) is 0 Å². The van der Waals surface area contributed by atoms with Gasteiger partial charge < -0.3 is 4.74 Å². The molecule has 0 spiro atoms. The average molecular weight is 305 g/mol. The third-order valence-electron chi connectivity index (χ3n) is 4.07. The molecule has 100 valence electrons. The number of hydrogen-bond donors (Lipinski definition) is 0. The highest BCUT2D eigenvalue weighted by molar-refractivity contribution is 6.42. The summed E-state index contributed by atoms with van der Waals surface area (Å²) in [6.45, 7) is 0. The van der Waals surface area contributed by atoms with Crippen molar-refractivity contribution in [2.75, 3.05) is 0 Å². The van der Waals surface area contributed by atoms with Crippen LogP contribution in [0.5, 0.6) is 5.75 Å². The van der Waals surface area contributed by atoms with Crippen molar-refractivity contribution in [3.8, 4) is 5.75 Å². The lowest BCUT2D eigenvalue weighted by molar-refractivity contribution is 0.0824. The third-order valence-corrected chi connectivity index (χ3v) is 4.79. The fourth-order valence-electron chi connectivity index (χ4n) is 2.95. The molecule has 1 aliphatic heterocycles. The Morgan fingerprint density at radius 3 is 2.55 bits per heavy atom. The quantitative estimate of drug-likeness (QED) is 0.776. The molecule has 2 nitrogen and oxygen atoms in total. The molecule has 1 saturated carbocycles. The smallest absolute Gasteiger partial charge is 0.174 e. The first-order chi connectivity index (χ1) is 9.62. The van der Waals surface area contributed by atoms with Crippen LogP contribution in [0.15, 0.2) is 42.5 Å². The van der Waals surface area contributed by atoms with Gasteiger partial charge in [-0.2, -0.15) is 0 Å². The molecule has 2 unspecified atom stereocenters. The molecule has 0 saturated heterocycles. The van der Waals surface area contributed by atoms with Crippen molar-refractivity contribution in [2.45, 2.75) is 12.0 Å². The van der Waals surface area contributed by atoms with E-state index in [1.165, 1.54) is 0 Å². The van der Waals surface area contributed by atoms with E-state index in [-0.39, 0.29) is 11.7 Å². The first kappa shape index (κ1) is 12.2. The summed E-state index contributed by atoms with van der Waals surface area (Å²) in [7, 11) is 0. The van der Waals surface area contributed by atoms with Gasteiger partial charge in [0.1, 0.15) is 11.4 Å². The molecule has 0 N–H and O–H groups in total. The fraction of sp³-hybridized carbons (Fsp3) is 0.188. The van der Waals surface area contributed by atoms with Crippen LogP contribution in [-0.2, 0) is 5.60 Å². The van der Waals surface area contributed by atoms with Crippen LogP contribution in [0, 0.1) is 5.92 Å². The third kappa shape index (κ3) is 1.55. The summed E-state index contributed by atoms with van der Waals surface area (Å²) in [5.41, 5.74) is 1.06. The molecule has 1 fully saturated rings. The Labute approximate surface area is 126 Å². The lowest BCUT2D eigenvalue weighted by Gasteiger charge is -2.26. The number of halogens is 2. The molecule has 2 aromatic carbocycles. The summed E-state index contributed by atoms with van der Waals surface area (Å²) in [6, 6.07) is 13.1. The van der Waals surface area contributed by atoms with Gasteiger partial charge >= 0.3 is 0 Å². The van der Waals surface area contributed by atoms with Crippen molar-refractivity contribution in [1.82, 2.24) is 0 Å². The summed E-state index contributed by atoms with van der Waals surface area (Å²) in [6.07, 6.45) is 0.708. The topological polar surface area (TPSA) is 26.3 Å². The Hall–Kier alpha value is -1.51. The Kier molecular flexibility index (Phi) is 2.45. The fourth-order valence-corrected chi connectivity index (χ4v) is 3.27. The van der Waals surface area contributed by atoms with E-state index in [9.17, 15) is 4.79 Å². The number of carbonyl (C=O) groups excluding carboxylic acids is 1. The number of ketones is 1. The highest BCUT2D eigenvalue weighted by Gasteiger charge is 2.64. The number of rotatable bonds is 1. The second kappa shape index (κ2) is 4.00. The molecule has 20 heavy (non-hydrogen) atoms. The summed E-state index contributed by atoms with van der Waals surface area (Å²) in [4.78, 5) is 12.5. The number of Topliss-reactive ketones (excluding diaryl/α,β-unsaturated/α-hetero) is 1. The Morgan fingerprint density at radius 1 is 1.10 bits per heavy atom. The number of carbonyl (C=O) groups is 1. The molecule has 0 aromatic heterocycles. The van der Waals surface area contributed by atoms with Crippen LogP contribution in [0.3, 0.4) is 0 Å². The zero-order valence-corrected chi connectivity index (χ0v) is 11.9. The van der Waals surface area contributed by atoms with Gasteiger partial charge in [-0.3, -0.25) is 4.79 Å². The predicted molar refractivity (Wildman–Crippen MR) is 77.6 cm³/mol. The van der Waals surface area contributed by atoms with E-state index in [2.05, 4.69) is 0 Å². The Bertz CT molecular complexity index is 727. The molecular formula is C16H10Cl2O2. The minimum atomic E-state index is -0.511. The van der Waals surface area contributed by atoms with Gasteiger partial charge in [0.15, 0.2) is 5.78 Å². The Morgan fingerprint density at radius 2 is 1.80 bits per heavy atom. The molecular weight excluding hydrogens is 295 g/mol. The SMILES string of the molecule is O=C1c2cc(Cl)c(Cl)cc2OC2(c3ccccc3)CC12. The molecule has 0 radical (unpaired) electrons. The largest absolute Gasteiger partial charge is 0.481 e. The van der Waals surface area contributed by atoms with E-state index in [1.807, 2.05) is 30.3 Å². The van der Waals surface area contributed by atoms with Crippen molar-refractivity contribution >= 4 is 29.0 Å². The van der Waals surface area contributed by atoms with Crippen LogP contribution < -0.4 is 4.74 Å². The highest BCUT2D eigenvalue weighted by atomic mass is 35.5. The van der Waals surface area contributed by atoms with Crippen LogP contribution in [0.25, 0.3) is 0 Å². The van der Waals surface area contributed by atoms with E-state index in [1.54, 1.807) is 12.1 Å². The zero-order chi connectivity index (χ0) is 13.9. The van der Waals surface area contributed by atoms with Gasteiger partial charge in [0.05, 0.1) is 21.5 Å². The highest BCUT2D eigenvalue weighted by Crippen LogP contribution is 2.60. The normalized spacial score (nSPS) is 26.5. The van der Waals surface area contributed by atoms with E-state index in [0.717, 1.165) is 5.56 Å². The molecule has 1 heterocycles. The van der Waals surface area contributed by atoms with Crippen molar-refractivity contribution in [2.24, 2.45) is 5.92 Å². The standard InChI is InChI=1S/C16H10Cl2O2/c17-12-6-10-14(7-13(12)18)20-16(8-11(16)15(10)19)9-4-2-1-3-5-9/h1-7,11H,8H2. The van der Waals surface area contributed by atoms with Crippen molar-refractivity contribution in [3.05, 3.63) is 63.6 Å². The van der Waals surface area contributed by atoms with Gasteiger partial charge in [-0.1, -0.05) is 53.5 Å². The molecule has 2 aromatic rings. The predicted octanol–water partition coefficient (Wildman–Crippen LogP) is 4.48. The average Bonchev–Trinajstić information content (AvgIpc) is 3.19. The Balaban J connectivity index is 1.84. The van der Waals surface area contributed by atoms with Crippen LogP contribution in [-0.4, -0.2) is 5.78 Å². The molecule has 2 atom stereocenters. The van der Waals surface area contributed by atoms with Crippen LogP contribution in [0.2, 0.25) is 10.0 Å². The summed E-state index contributed by atoms with van der Waals surface area (Å²) in [5.74, 6) is 0.505. The van der Waals surface area contributed by atoms with Gasteiger partial charge in [-0.15, -0.1) is 0 Å². The first-order valence-electron chi connectivity index (χ1n) is 6.39. The molecule has 0 amide bonds. The van der Waals surface area contributed by atoms with E-state index in [4.69, 9.17) is 27.9 Å². The molecule has 4 rings (SSSR count). The zero-order valence-electron chi connectivity index (χ0n) is 10.4. The second-order valence-corrected chi connectivity index (χ2v) is 6.06. The lowest BCUT2D eigenvalue weighted by Crippen LogP contribution is -2.27. The maximum absolute atomic E-state index is 12.5. The van der Waals surface area contributed by atoms with Crippen LogP contribution in [0.1, 0.15) is 22.3 Å². The summed E-state index contributed by atoms with van der Waals surface area (Å²) < 4.78 is 6.12. The van der Waals surface area contributed by atoms with E-state index < -0.39 is 5.60 Å². The maximum atomic E-state index is 12.5. The van der Waals surface area contributed by atoms with E-state index >= 15 is 0 Å². The summed E-state index contributed by atoms with van der Waals surface area (Å²) >= 11 is 12.0. The second-order valence-electron chi connectivity index (χ2n) is 5.24. The number of hydrogen-bond acceptors (Lipinski definition) is 2. The maximum Gasteiger partial charge on any atom is 0.174 e. The van der Waals surface area contributed by atoms with Crippen LogP contribution in [0.4, 0.5) is 0 Å². The monoisotopic (exact) mass is 304 g/mol. The van der Waals surface area contributed by atoms with Gasteiger partial charge in [-0.05, 0) is 11.6 Å². The van der Waals surface area contributed by atoms with Crippen molar-refractivity contribution in [1.29, 1.82) is 0 Å². The van der Waals surface area contributed by atoms with E-state index in [0.29, 0.717) is 27.8 Å². The lowest BCUT2D eigenvalue weighted by atomic mass is 9.96. The molecule has 4 heteroatoms. The molecule has 0 bridgehead atoms. The van der Waals surface area contributed by atoms with Gasteiger partial charge in [0, 0.05) is 12.5 Å². The number of ether oxygens (including phenoxy) is 1. The number of fused-ring (bicyclic) bond motifs is 2. The molecule has 1 aliphatic carbocycles. The minimum Gasteiger partial charge on any atom is -0.481 e. The van der Waals surface area contributed by atoms with Gasteiger partial charge in [0.25, 0.3) is 0 Å². The molecule has 2 aliphatic rings. The van der Waals surface area contributed by atoms with Crippen LogP contribution >= 0.6 is 23.2 Å². The first-order valence-corrected chi connectivity index (χ1v) is 7.15. The van der Waals surface area contributed by atoms with Crippen molar-refractivity contribution in [3.63, 3.8) is 0 Å². The summed E-state index contributed by atoms with van der Waals surface area (Å²) in [5, 5.41) is 0.788. The number of benzene rings is 2. The van der Waals surface area contributed by atoms with Crippen molar-refractivity contribution < 1.29 is 9.53 Å².